The lowest BCUT2D eigenvalue weighted by molar-refractivity contribution is -0.127. The lowest BCUT2D eigenvalue weighted by Crippen LogP contribution is -2.33. The smallest absolute Gasteiger partial charge is 0.341 e. The lowest BCUT2D eigenvalue weighted by atomic mass is 10.1. The predicted octanol–water partition coefficient (Wildman–Crippen LogP) is 6.68. The van der Waals surface area contributed by atoms with Gasteiger partial charge < -0.3 is 24.3 Å². The molecular weight excluding hydrogens is 582 g/mol. The van der Waals surface area contributed by atoms with E-state index in [0.29, 0.717) is 46.6 Å². The van der Waals surface area contributed by atoms with E-state index in [1.54, 1.807) is 38.1 Å². The molecule has 0 aliphatic heterocycles. The minimum atomic E-state index is -0.853. The standard InChI is InChI=1S/C33H41N3O7S/c1-7-10-11-18-42-27-17-12-24(19-28(27)40-8-2)20-34-36-30(37)22(5)43-26-15-13-25(14-16-26)31(38)35-32-29(33(39)41-9-3)21(4)23(6)44-32/h12-17,19-20,22H,7-11,18H2,1-6H3,(H,35,38)(H,36,37)/b34-20-/t22-/m1/s1. The highest BCUT2D eigenvalue weighted by molar-refractivity contribution is 7.16. The van der Waals surface area contributed by atoms with E-state index in [1.165, 1.54) is 17.6 Å². The minimum Gasteiger partial charge on any atom is -0.490 e. The van der Waals surface area contributed by atoms with Gasteiger partial charge in [0.15, 0.2) is 17.6 Å². The number of hydrogen-bond acceptors (Lipinski definition) is 9. The Morgan fingerprint density at radius 1 is 0.955 bits per heavy atom. The largest absolute Gasteiger partial charge is 0.490 e. The van der Waals surface area contributed by atoms with Crippen LogP contribution in [0.3, 0.4) is 0 Å². The highest BCUT2D eigenvalue weighted by atomic mass is 32.1. The van der Waals surface area contributed by atoms with Gasteiger partial charge in [0.25, 0.3) is 11.8 Å². The molecule has 2 amide bonds. The fraction of sp³-hybridized carbons (Fsp3) is 0.394. The van der Waals surface area contributed by atoms with E-state index in [0.717, 1.165) is 35.3 Å². The molecule has 11 heteroatoms. The second-order valence-electron chi connectivity index (χ2n) is 9.88. The summed E-state index contributed by atoms with van der Waals surface area (Å²) in [5.74, 6) is 0.395. The third-order valence-electron chi connectivity index (χ3n) is 6.55. The number of esters is 1. The summed E-state index contributed by atoms with van der Waals surface area (Å²) in [4.78, 5) is 38.8. The van der Waals surface area contributed by atoms with Gasteiger partial charge in [-0.3, -0.25) is 9.59 Å². The third kappa shape index (κ3) is 9.57. The van der Waals surface area contributed by atoms with E-state index >= 15 is 0 Å². The van der Waals surface area contributed by atoms with Crippen molar-refractivity contribution in [2.45, 2.75) is 66.9 Å². The number of rotatable bonds is 16. The van der Waals surface area contributed by atoms with Crippen LogP contribution in [0, 0.1) is 13.8 Å². The molecule has 236 valence electrons. The molecule has 0 aliphatic rings. The summed E-state index contributed by atoms with van der Waals surface area (Å²) in [6.07, 6.45) is 3.87. The van der Waals surface area contributed by atoms with Gasteiger partial charge in [-0.05, 0) is 94.6 Å². The van der Waals surface area contributed by atoms with Gasteiger partial charge in [-0.2, -0.15) is 5.10 Å². The summed E-state index contributed by atoms with van der Waals surface area (Å²) in [5, 5.41) is 7.31. The number of amides is 2. The van der Waals surface area contributed by atoms with Crippen LogP contribution in [0.4, 0.5) is 5.00 Å². The van der Waals surface area contributed by atoms with Gasteiger partial charge in [-0.15, -0.1) is 11.3 Å². The molecule has 3 aromatic rings. The molecule has 3 rings (SSSR count). The molecule has 1 atom stereocenters. The summed E-state index contributed by atoms with van der Waals surface area (Å²) in [6, 6.07) is 11.8. The maximum absolute atomic E-state index is 12.9. The van der Waals surface area contributed by atoms with Gasteiger partial charge in [-0.1, -0.05) is 19.8 Å². The van der Waals surface area contributed by atoms with Crippen LogP contribution >= 0.6 is 11.3 Å². The number of hydrogen-bond donors (Lipinski definition) is 2. The molecule has 0 saturated carbocycles. The van der Waals surface area contributed by atoms with Crippen LogP contribution in [0.2, 0.25) is 0 Å². The Morgan fingerprint density at radius 2 is 1.70 bits per heavy atom. The van der Waals surface area contributed by atoms with E-state index in [2.05, 4.69) is 22.8 Å². The zero-order chi connectivity index (χ0) is 32.1. The van der Waals surface area contributed by atoms with Gasteiger partial charge in [-0.25, -0.2) is 10.2 Å². The average Bonchev–Trinajstić information content (AvgIpc) is 3.28. The Hall–Kier alpha value is -4.38. The van der Waals surface area contributed by atoms with Crippen LogP contribution in [0.15, 0.2) is 47.6 Å². The summed E-state index contributed by atoms with van der Waals surface area (Å²) >= 11 is 1.32. The number of nitrogens with one attached hydrogen (secondary N) is 2. The Labute approximate surface area is 262 Å². The van der Waals surface area contributed by atoms with Crippen molar-refractivity contribution in [2.75, 3.05) is 25.1 Å². The first-order chi connectivity index (χ1) is 21.2. The van der Waals surface area contributed by atoms with Crippen molar-refractivity contribution < 1.29 is 33.3 Å². The van der Waals surface area contributed by atoms with E-state index in [-0.39, 0.29) is 12.5 Å². The van der Waals surface area contributed by atoms with Crippen LogP contribution in [-0.4, -0.2) is 49.9 Å². The topological polar surface area (TPSA) is 125 Å². The van der Waals surface area contributed by atoms with Crippen LogP contribution < -0.4 is 25.0 Å². The summed E-state index contributed by atoms with van der Waals surface area (Å²) in [6.45, 7) is 12.4. The minimum absolute atomic E-state index is 0.239. The van der Waals surface area contributed by atoms with Crippen LogP contribution in [0.25, 0.3) is 0 Å². The number of thiophene rings is 1. The fourth-order valence-electron chi connectivity index (χ4n) is 4.07. The van der Waals surface area contributed by atoms with Gasteiger partial charge in [0.1, 0.15) is 10.8 Å². The number of hydrazone groups is 1. The first-order valence-corrected chi connectivity index (χ1v) is 15.6. The molecular formula is C33H41N3O7S. The lowest BCUT2D eigenvalue weighted by Gasteiger charge is -2.14. The maximum atomic E-state index is 12.9. The molecule has 0 spiro atoms. The van der Waals surface area contributed by atoms with Crippen LogP contribution in [-0.2, 0) is 9.53 Å². The van der Waals surface area contributed by atoms with Crippen molar-refractivity contribution in [1.82, 2.24) is 5.43 Å². The first kappa shape index (κ1) is 34.1. The zero-order valence-corrected chi connectivity index (χ0v) is 27.0. The van der Waals surface area contributed by atoms with Crippen molar-refractivity contribution in [3.8, 4) is 17.2 Å². The number of ether oxygens (including phenoxy) is 4. The van der Waals surface area contributed by atoms with Crippen molar-refractivity contribution in [3.63, 3.8) is 0 Å². The molecule has 0 radical (unpaired) electrons. The van der Waals surface area contributed by atoms with E-state index in [4.69, 9.17) is 18.9 Å². The predicted molar refractivity (Wildman–Crippen MR) is 173 cm³/mol. The van der Waals surface area contributed by atoms with E-state index in [9.17, 15) is 14.4 Å². The molecule has 0 fully saturated rings. The molecule has 0 saturated heterocycles. The van der Waals surface area contributed by atoms with Gasteiger partial charge in [0.05, 0.1) is 31.6 Å². The number of anilines is 1. The van der Waals surface area contributed by atoms with E-state index in [1.807, 2.05) is 39.0 Å². The second-order valence-corrected chi connectivity index (χ2v) is 11.1. The van der Waals surface area contributed by atoms with Crippen LogP contribution in [0.5, 0.6) is 17.2 Å². The second kappa shape index (κ2) is 17.0. The molecule has 0 bridgehead atoms. The quantitative estimate of drug-likeness (QED) is 0.0789. The Bertz CT molecular complexity index is 1450. The van der Waals surface area contributed by atoms with Crippen molar-refractivity contribution in [1.29, 1.82) is 0 Å². The average molecular weight is 624 g/mol. The molecule has 1 aromatic heterocycles. The number of unbranched alkanes of at least 4 members (excludes halogenated alkanes) is 2. The molecule has 1 heterocycles. The number of carbonyl (C=O) groups excluding carboxylic acids is 3. The molecule has 0 unspecified atom stereocenters. The molecule has 44 heavy (non-hydrogen) atoms. The van der Waals surface area contributed by atoms with Crippen molar-refractivity contribution >= 4 is 40.3 Å². The first-order valence-electron chi connectivity index (χ1n) is 14.8. The Balaban J connectivity index is 1.55. The summed E-state index contributed by atoms with van der Waals surface area (Å²) < 4.78 is 22.5. The zero-order valence-electron chi connectivity index (χ0n) is 26.2. The Kier molecular flexibility index (Phi) is 13.2. The monoisotopic (exact) mass is 623 g/mol. The number of carbonyl (C=O) groups is 3. The molecule has 2 N–H and O–H groups in total. The van der Waals surface area contributed by atoms with Crippen molar-refractivity contribution in [3.05, 3.63) is 69.6 Å². The molecule has 2 aromatic carbocycles. The van der Waals surface area contributed by atoms with Gasteiger partial charge in [0, 0.05) is 10.4 Å². The van der Waals surface area contributed by atoms with Gasteiger partial charge >= 0.3 is 5.97 Å². The third-order valence-corrected chi connectivity index (χ3v) is 7.67. The Morgan fingerprint density at radius 3 is 2.39 bits per heavy atom. The number of benzene rings is 2. The summed E-state index contributed by atoms with van der Waals surface area (Å²) in [7, 11) is 0. The SMILES string of the molecule is CCCCCOc1ccc(/C=N\NC(=O)[C@@H](C)Oc2ccc(C(=O)Nc3sc(C)c(C)c3C(=O)OCC)cc2)cc1OCC. The highest BCUT2D eigenvalue weighted by Crippen LogP contribution is 2.33. The normalized spacial score (nSPS) is 11.6. The number of aryl methyl sites for hydroxylation is 1. The maximum Gasteiger partial charge on any atom is 0.341 e. The highest BCUT2D eigenvalue weighted by Gasteiger charge is 2.22. The summed E-state index contributed by atoms with van der Waals surface area (Å²) in [5.41, 5.74) is 4.73. The molecule has 10 nitrogen and oxygen atoms in total. The van der Waals surface area contributed by atoms with Crippen LogP contribution in [0.1, 0.15) is 83.7 Å². The number of nitrogens with zero attached hydrogens (tertiary/aromatic N) is 1. The molecule has 0 aliphatic carbocycles. The van der Waals surface area contributed by atoms with E-state index < -0.39 is 18.0 Å². The van der Waals surface area contributed by atoms with Gasteiger partial charge in [0.2, 0.25) is 0 Å². The fourth-order valence-corrected chi connectivity index (χ4v) is 5.11. The van der Waals surface area contributed by atoms with Crippen molar-refractivity contribution in [2.24, 2.45) is 5.10 Å².